The van der Waals surface area contributed by atoms with E-state index >= 15 is 0 Å². The number of hydrogen-bond acceptors (Lipinski definition) is 8. The lowest BCUT2D eigenvalue weighted by molar-refractivity contribution is 0.0354. The van der Waals surface area contributed by atoms with Gasteiger partial charge in [-0.25, -0.2) is 28.4 Å². The fraction of sp³-hybridized carbons (Fsp3) is 0.556. The Bertz CT molecular complexity index is 971. The van der Waals surface area contributed by atoms with Gasteiger partial charge in [0.25, 0.3) is 0 Å². The molecule has 11 heteroatoms. The van der Waals surface area contributed by atoms with E-state index in [2.05, 4.69) is 4.99 Å². The molecule has 1 aromatic rings. The summed E-state index contributed by atoms with van der Waals surface area (Å²) in [6.07, 6.45) is -0.705. The Morgan fingerprint density at radius 3 is 2.69 bits per heavy atom. The number of nitrogen functional groups attached to an aromatic ring is 1. The molecule has 0 spiro atoms. The first-order valence-electron chi connectivity index (χ1n) is 9.15. The molecule has 0 radical (unpaired) electrons. The second kappa shape index (κ2) is 6.77. The molecule has 2 aliphatic rings. The van der Waals surface area contributed by atoms with Crippen LogP contribution in [0, 0.1) is 0 Å². The van der Waals surface area contributed by atoms with Gasteiger partial charge in [-0.15, -0.1) is 0 Å². The molecule has 2 atom stereocenters. The zero-order valence-electron chi connectivity index (χ0n) is 17.2. The number of aliphatic imine (C=N–C) groups is 1. The van der Waals surface area contributed by atoms with Crippen molar-refractivity contribution in [3.8, 4) is 5.75 Å². The average molecular weight is 426 g/mol. The topological polar surface area (TPSA) is 141 Å². The summed E-state index contributed by atoms with van der Waals surface area (Å²) >= 11 is 0. The molecule has 3 rings (SSSR count). The van der Waals surface area contributed by atoms with Gasteiger partial charge >= 0.3 is 6.09 Å². The van der Waals surface area contributed by atoms with Crippen LogP contribution < -0.4 is 16.3 Å². The number of nitrogens with zero attached hydrogens (tertiary/aromatic N) is 3. The first kappa shape index (κ1) is 21.2. The van der Waals surface area contributed by atoms with Crippen LogP contribution in [0.15, 0.2) is 23.2 Å². The van der Waals surface area contributed by atoms with Gasteiger partial charge in [0.05, 0.1) is 6.61 Å². The van der Waals surface area contributed by atoms with E-state index in [1.807, 2.05) is 0 Å². The molecule has 1 aromatic carbocycles. The normalized spacial score (nSPS) is 25.7. The van der Waals surface area contributed by atoms with Crippen LogP contribution in [-0.2, 0) is 20.3 Å². The molecule has 0 bridgehead atoms. The minimum atomic E-state index is -3.92. The minimum Gasteiger partial charge on any atom is -0.493 e. The number of benzene rings is 1. The molecule has 10 nitrogen and oxygen atoms in total. The van der Waals surface area contributed by atoms with Crippen molar-refractivity contribution in [3.63, 3.8) is 0 Å². The van der Waals surface area contributed by atoms with Gasteiger partial charge in [-0.2, -0.15) is 5.01 Å². The molecule has 29 heavy (non-hydrogen) atoms. The summed E-state index contributed by atoms with van der Waals surface area (Å²) in [5, 5.41) is -0.305. The van der Waals surface area contributed by atoms with E-state index < -0.39 is 32.5 Å². The highest BCUT2D eigenvalue weighted by Gasteiger charge is 2.54. The summed E-state index contributed by atoms with van der Waals surface area (Å²) in [6.45, 7) is 6.92. The third kappa shape index (κ3) is 3.60. The van der Waals surface area contributed by atoms with Crippen LogP contribution in [0.2, 0.25) is 0 Å². The zero-order chi connectivity index (χ0) is 21.8. The van der Waals surface area contributed by atoms with E-state index in [0.29, 0.717) is 22.0 Å². The van der Waals surface area contributed by atoms with Crippen molar-refractivity contribution >= 4 is 27.8 Å². The minimum absolute atomic E-state index is 0.202. The number of ether oxygens (including phenoxy) is 2. The smallest absolute Gasteiger partial charge is 0.431 e. The van der Waals surface area contributed by atoms with Gasteiger partial charge < -0.3 is 15.2 Å². The Kier molecular flexibility index (Phi) is 4.94. The van der Waals surface area contributed by atoms with Crippen molar-refractivity contribution < 1.29 is 22.7 Å². The Labute approximate surface area is 170 Å². The predicted molar refractivity (Wildman–Crippen MR) is 108 cm³/mol. The second-order valence-electron chi connectivity index (χ2n) is 8.30. The maximum atomic E-state index is 13.3. The van der Waals surface area contributed by atoms with Crippen molar-refractivity contribution in [2.45, 2.75) is 50.5 Å². The highest BCUT2D eigenvalue weighted by atomic mass is 32.2. The first-order valence-corrected chi connectivity index (χ1v) is 10.7. The van der Waals surface area contributed by atoms with Crippen LogP contribution in [0.1, 0.15) is 39.7 Å². The fourth-order valence-corrected chi connectivity index (χ4v) is 5.44. The molecule has 4 N–H and O–H groups in total. The van der Waals surface area contributed by atoms with E-state index in [1.54, 1.807) is 45.9 Å². The van der Waals surface area contributed by atoms with Gasteiger partial charge in [-0.3, -0.25) is 0 Å². The third-order valence-corrected chi connectivity index (χ3v) is 7.31. The number of amides is 1. The Hall–Kier alpha value is -2.53. The Morgan fingerprint density at radius 2 is 2.07 bits per heavy atom. The summed E-state index contributed by atoms with van der Waals surface area (Å²) < 4.78 is 38.6. The highest BCUT2D eigenvalue weighted by Crippen LogP contribution is 2.46. The van der Waals surface area contributed by atoms with Crippen LogP contribution in [0.5, 0.6) is 5.75 Å². The van der Waals surface area contributed by atoms with Crippen LogP contribution in [0.25, 0.3) is 0 Å². The number of carbonyl (C=O) groups is 1. The van der Waals surface area contributed by atoms with E-state index in [1.165, 1.54) is 7.05 Å². The molecule has 2 heterocycles. The largest absolute Gasteiger partial charge is 0.493 e. The molecule has 0 saturated heterocycles. The molecule has 0 fully saturated rings. The third-order valence-electron chi connectivity index (χ3n) is 4.97. The molecule has 160 valence electrons. The number of guanidine groups is 1. The highest BCUT2D eigenvalue weighted by molar-refractivity contribution is 7.90. The standard InChI is InChI=1S/C18H27N5O5S/c1-17(2,3)28-16(24)23(20)15-21-18(4)12-10-11(19)6-7-13(12)27-9-8-14(18)29(25,26)22(15)5/h6-7,10,14H,8-9,19-20H2,1-5H3/t14?,18-/m1/s1. The maximum Gasteiger partial charge on any atom is 0.431 e. The maximum absolute atomic E-state index is 13.3. The number of hydrogen-bond donors (Lipinski definition) is 2. The van der Waals surface area contributed by atoms with Gasteiger partial charge in [-0.1, -0.05) is 0 Å². The molecule has 0 aromatic heterocycles. The average Bonchev–Trinajstić information content (AvgIpc) is 2.74. The molecule has 2 aliphatic heterocycles. The number of carbonyl (C=O) groups excluding carboxylic acids is 1. The molecule has 1 unspecified atom stereocenters. The molecule has 1 amide bonds. The predicted octanol–water partition coefficient (Wildman–Crippen LogP) is 1.38. The molecular formula is C18H27N5O5S. The SMILES string of the molecule is CN1C(N(N)C(=O)OC(C)(C)C)=N[C@]2(C)c3cc(N)ccc3OCCC2S1(=O)=O. The Balaban J connectivity index is 2.18. The second-order valence-corrected chi connectivity index (χ2v) is 10.5. The van der Waals surface area contributed by atoms with Crippen LogP contribution in [0.4, 0.5) is 10.5 Å². The first-order chi connectivity index (χ1) is 13.3. The lowest BCUT2D eigenvalue weighted by atomic mass is 9.87. The van der Waals surface area contributed by atoms with Crippen LogP contribution in [-0.4, -0.2) is 54.3 Å². The van der Waals surface area contributed by atoms with E-state index in [0.717, 1.165) is 4.31 Å². The molecule has 0 saturated carbocycles. The van der Waals surface area contributed by atoms with Crippen molar-refractivity contribution in [1.82, 2.24) is 9.31 Å². The van der Waals surface area contributed by atoms with Gasteiger partial charge in [0, 0.05) is 24.7 Å². The van der Waals surface area contributed by atoms with Crippen molar-refractivity contribution in [1.29, 1.82) is 0 Å². The van der Waals surface area contributed by atoms with Crippen LogP contribution >= 0.6 is 0 Å². The lowest BCUT2D eigenvalue weighted by Gasteiger charge is -2.42. The quantitative estimate of drug-likeness (QED) is 0.277. The van der Waals surface area contributed by atoms with Gasteiger partial charge in [0.2, 0.25) is 16.0 Å². The van der Waals surface area contributed by atoms with Crippen molar-refractivity contribution in [2.24, 2.45) is 10.8 Å². The lowest BCUT2D eigenvalue weighted by Crippen LogP contribution is -2.61. The number of sulfonamides is 1. The number of anilines is 1. The Morgan fingerprint density at radius 1 is 1.41 bits per heavy atom. The summed E-state index contributed by atoms with van der Waals surface area (Å²) in [4.78, 5) is 17.1. The fourth-order valence-electron chi connectivity index (χ4n) is 3.55. The summed E-state index contributed by atoms with van der Waals surface area (Å²) in [6, 6.07) is 5.00. The summed E-state index contributed by atoms with van der Waals surface area (Å²) in [5.41, 5.74) is 4.83. The van der Waals surface area contributed by atoms with Crippen LogP contribution in [0.3, 0.4) is 0 Å². The zero-order valence-corrected chi connectivity index (χ0v) is 18.0. The van der Waals surface area contributed by atoms with E-state index in [9.17, 15) is 13.2 Å². The number of nitrogens with two attached hydrogens (primary N) is 2. The van der Waals surface area contributed by atoms with Gasteiger partial charge in [-0.05, 0) is 45.9 Å². The number of hydrazine groups is 1. The number of fused-ring (bicyclic) bond motifs is 3. The van der Waals surface area contributed by atoms with Gasteiger partial charge in [0.15, 0.2) is 0 Å². The van der Waals surface area contributed by atoms with Crippen molar-refractivity contribution in [2.75, 3.05) is 19.4 Å². The van der Waals surface area contributed by atoms with E-state index in [4.69, 9.17) is 21.1 Å². The summed E-state index contributed by atoms with van der Waals surface area (Å²) in [5.74, 6) is 6.20. The molecular weight excluding hydrogens is 398 g/mol. The number of rotatable bonds is 0. The summed E-state index contributed by atoms with van der Waals surface area (Å²) in [7, 11) is -2.61. The van der Waals surface area contributed by atoms with Gasteiger partial charge in [0.1, 0.15) is 22.1 Å². The monoisotopic (exact) mass is 425 g/mol. The van der Waals surface area contributed by atoms with Crippen molar-refractivity contribution in [3.05, 3.63) is 23.8 Å². The molecule has 0 aliphatic carbocycles. The van der Waals surface area contributed by atoms with E-state index in [-0.39, 0.29) is 19.0 Å².